The van der Waals surface area contributed by atoms with Crippen LogP contribution < -0.4 is 4.74 Å². The molecule has 0 spiro atoms. The number of rotatable bonds is 4. The number of benzene rings is 2. The summed E-state index contributed by atoms with van der Waals surface area (Å²) in [5.74, 6) is 0.672. The van der Waals surface area contributed by atoms with Gasteiger partial charge in [0.15, 0.2) is 0 Å². The number of aliphatic hydroxyl groups excluding tert-OH is 1. The molecule has 2 aromatic carbocycles. The van der Waals surface area contributed by atoms with Crippen LogP contribution in [0.1, 0.15) is 31.1 Å². The first kappa shape index (κ1) is 15.4. The van der Waals surface area contributed by atoms with Gasteiger partial charge in [0, 0.05) is 15.6 Å². The Bertz CT molecular complexity index is 599. The minimum Gasteiger partial charge on any atom is -0.491 e. The van der Waals surface area contributed by atoms with Gasteiger partial charge in [0.05, 0.1) is 11.1 Å². The summed E-state index contributed by atoms with van der Waals surface area (Å²) in [5, 5.41) is 11.1. The number of aliphatic hydroxyl groups is 1. The molecule has 0 amide bonds. The van der Waals surface area contributed by atoms with Crippen LogP contribution in [0.3, 0.4) is 0 Å². The third kappa shape index (κ3) is 3.35. The van der Waals surface area contributed by atoms with Crippen LogP contribution in [-0.4, -0.2) is 11.2 Å². The molecule has 0 saturated heterocycles. The Kier molecular flexibility index (Phi) is 5.08. The normalized spacial score (nSPS) is 12.5. The van der Waals surface area contributed by atoms with Crippen LogP contribution in [0.4, 0.5) is 0 Å². The van der Waals surface area contributed by atoms with E-state index in [0.717, 1.165) is 4.47 Å². The molecule has 0 radical (unpaired) electrons. The van der Waals surface area contributed by atoms with E-state index in [1.165, 1.54) is 0 Å². The monoisotopic (exact) mass is 354 g/mol. The minimum absolute atomic E-state index is 0.0429. The Morgan fingerprint density at radius 3 is 2.40 bits per heavy atom. The van der Waals surface area contributed by atoms with E-state index in [1.807, 2.05) is 56.3 Å². The first-order chi connectivity index (χ1) is 9.50. The van der Waals surface area contributed by atoms with Gasteiger partial charge < -0.3 is 9.84 Å². The molecule has 0 aromatic heterocycles. The molecule has 0 aliphatic rings. The number of hydrogen-bond donors (Lipinski definition) is 1. The van der Waals surface area contributed by atoms with Crippen LogP contribution in [0.25, 0.3) is 0 Å². The van der Waals surface area contributed by atoms with E-state index < -0.39 is 6.10 Å². The van der Waals surface area contributed by atoms with Crippen molar-refractivity contribution in [3.63, 3.8) is 0 Å². The average Bonchev–Trinajstić information content (AvgIpc) is 2.41. The summed E-state index contributed by atoms with van der Waals surface area (Å²) in [5.41, 5.74) is 1.36. The number of para-hydroxylation sites is 1. The number of ether oxygens (including phenoxy) is 1. The number of hydrogen-bond acceptors (Lipinski definition) is 2. The van der Waals surface area contributed by atoms with Gasteiger partial charge in [0.1, 0.15) is 11.9 Å². The van der Waals surface area contributed by atoms with Crippen molar-refractivity contribution in [3.8, 4) is 5.75 Å². The van der Waals surface area contributed by atoms with Gasteiger partial charge in [0.2, 0.25) is 0 Å². The van der Waals surface area contributed by atoms with Gasteiger partial charge in [0.25, 0.3) is 0 Å². The Morgan fingerprint density at radius 1 is 1.05 bits per heavy atom. The maximum atomic E-state index is 10.6. The Morgan fingerprint density at radius 2 is 1.70 bits per heavy atom. The van der Waals surface area contributed by atoms with Crippen molar-refractivity contribution in [3.05, 3.63) is 63.1 Å². The van der Waals surface area contributed by atoms with Gasteiger partial charge in [-0.1, -0.05) is 41.9 Å². The Labute approximate surface area is 132 Å². The van der Waals surface area contributed by atoms with E-state index in [1.54, 1.807) is 0 Å². The van der Waals surface area contributed by atoms with E-state index in [-0.39, 0.29) is 6.10 Å². The lowest BCUT2D eigenvalue weighted by atomic mass is 10.0. The Hall–Kier alpha value is -1.03. The topological polar surface area (TPSA) is 29.5 Å². The summed E-state index contributed by atoms with van der Waals surface area (Å²) in [6.45, 7) is 3.91. The third-order valence-corrected chi connectivity index (χ3v) is 4.16. The zero-order valence-electron chi connectivity index (χ0n) is 11.3. The molecule has 20 heavy (non-hydrogen) atoms. The highest BCUT2D eigenvalue weighted by atomic mass is 79.9. The van der Waals surface area contributed by atoms with Crippen molar-refractivity contribution in [1.82, 2.24) is 0 Å². The number of halogens is 2. The Balaban J connectivity index is 2.43. The van der Waals surface area contributed by atoms with E-state index >= 15 is 0 Å². The summed E-state index contributed by atoms with van der Waals surface area (Å²) in [6, 6.07) is 13.0. The van der Waals surface area contributed by atoms with Crippen molar-refractivity contribution in [1.29, 1.82) is 0 Å². The van der Waals surface area contributed by atoms with E-state index in [2.05, 4.69) is 15.9 Å². The molecular weight excluding hydrogens is 340 g/mol. The van der Waals surface area contributed by atoms with Crippen LogP contribution in [0, 0.1) is 0 Å². The summed E-state index contributed by atoms with van der Waals surface area (Å²) in [6.07, 6.45) is -0.781. The largest absolute Gasteiger partial charge is 0.491 e. The molecule has 2 rings (SSSR count). The second-order valence-corrected chi connectivity index (χ2v) is 5.98. The summed E-state index contributed by atoms with van der Waals surface area (Å²) < 4.78 is 6.51. The fraction of sp³-hybridized carbons (Fsp3) is 0.250. The van der Waals surface area contributed by atoms with Crippen LogP contribution in [-0.2, 0) is 0 Å². The molecule has 2 aromatic rings. The minimum atomic E-state index is -0.824. The molecule has 106 valence electrons. The molecule has 0 bridgehead atoms. The van der Waals surface area contributed by atoms with E-state index in [9.17, 15) is 5.11 Å². The molecule has 1 N–H and O–H groups in total. The predicted molar refractivity (Wildman–Crippen MR) is 85.4 cm³/mol. The predicted octanol–water partition coefficient (Wildman–Crippen LogP) is 4.97. The molecule has 0 aliphatic carbocycles. The first-order valence-corrected chi connectivity index (χ1v) is 7.55. The average molecular weight is 356 g/mol. The summed E-state index contributed by atoms with van der Waals surface area (Å²) >= 11 is 9.62. The van der Waals surface area contributed by atoms with Gasteiger partial charge in [-0.2, -0.15) is 0 Å². The summed E-state index contributed by atoms with van der Waals surface area (Å²) in [4.78, 5) is 0. The van der Waals surface area contributed by atoms with Crippen LogP contribution in [0.15, 0.2) is 46.9 Å². The fourth-order valence-electron chi connectivity index (χ4n) is 1.97. The second kappa shape index (κ2) is 6.61. The highest BCUT2D eigenvalue weighted by molar-refractivity contribution is 9.10. The van der Waals surface area contributed by atoms with Crippen LogP contribution in [0.2, 0.25) is 5.02 Å². The highest BCUT2D eigenvalue weighted by Gasteiger charge is 2.19. The van der Waals surface area contributed by atoms with Crippen molar-refractivity contribution >= 4 is 27.5 Å². The van der Waals surface area contributed by atoms with Gasteiger partial charge in [-0.3, -0.25) is 0 Å². The van der Waals surface area contributed by atoms with Crippen LogP contribution >= 0.6 is 27.5 Å². The van der Waals surface area contributed by atoms with Gasteiger partial charge in [-0.15, -0.1) is 0 Å². The lowest BCUT2D eigenvalue weighted by molar-refractivity contribution is 0.198. The van der Waals surface area contributed by atoms with Crippen LogP contribution in [0.5, 0.6) is 5.75 Å². The standard InChI is InChI=1S/C16H16BrClO2/c1-10(2)20-14-9-4-3-6-11(14)16(19)12-7-5-8-13(17)15(12)18/h3-10,16,19H,1-2H3. The molecule has 2 nitrogen and oxygen atoms in total. The highest BCUT2D eigenvalue weighted by Crippen LogP contribution is 2.36. The van der Waals surface area contributed by atoms with Crippen molar-refractivity contribution < 1.29 is 9.84 Å². The molecule has 4 heteroatoms. The molecule has 0 fully saturated rings. The second-order valence-electron chi connectivity index (χ2n) is 4.75. The molecule has 0 saturated carbocycles. The maximum Gasteiger partial charge on any atom is 0.125 e. The SMILES string of the molecule is CC(C)Oc1ccccc1C(O)c1cccc(Br)c1Cl. The maximum absolute atomic E-state index is 10.6. The molecular formula is C16H16BrClO2. The van der Waals surface area contributed by atoms with E-state index in [4.69, 9.17) is 16.3 Å². The first-order valence-electron chi connectivity index (χ1n) is 6.38. The molecule has 0 heterocycles. The van der Waals surface area contributed by atoms with Gasteiger partial charge in [-0.05, 0) is 41.9 Å². The van der Waals surface area contributed by atoms with Crippen molar-refractivity contribution in [2.24, 2.45) is 0 Å². The third-order valence-electron chi connectivity index (χ3n) is 2.85. The summed E-state index contributed by atoms with van der Waals surface area (Å²) in [7, 11) is 0. The van der Waals surface area contributed by atoms with Gasteiger partial charge in [-0.25, -0.2) is 0 Å². The van der Waals surface area contributed by atoms with Crippen molar-refractivity contribution in [2.75, 3.05) is 0 Å². The molecule has 1 unspecified atom stereocenters. The lowest BCUT2D eigenvalue weighted by Gasteiger charge is -2.19. The zero-order valence-corrected chi connectivity index (χ0v) is 13.6. The lowest BCUT2D eigenvalue weighted by Crippen LogP contribution is -2.10. The fourth-order valence-corrected chi connectivity index (χ4v) is 2.58. The quantitative estimate of drug-likeness (QED) is 0.839. The van der Waals surface area contributed by atoms with E-state index in [0.29, 0.717) is 21.9 Å². The molecule has 1 atom stereocenters. The molecule has 0 aliphatic heterocycles. The van der Waals surface area contributed by atoms with Crippen molar-refractivity contribution in [2.45, 2.75) is 26.1 Å². The van der Waals surface area contributed by atoms with Gasteiger partial charge >= 0.3 is 0 Å². The zero-order chi connectivity index (χ0) is 14.7. The smallest absolute Gasteiger partial charge is 0.125 e.